The SMILES string of the molecule is CCC1(C)c2cccc3c2N2C(=NN(c4ccccn4)C21)c1ccccc1-3. The standard InChI is InChI=1S/C23H20N4/c1-3-23(2)18-12-8-11-16-15-9-4-5-10-17(15)21-25-27(19-13-6-7-14-24-19)22(23)26(21)20(16)18/h4-14,22H,3H2,1-2H3. The monoisotopic (exact) mass is 352 g/mol. The fourth-order valence-electron chi connectivity index (χ4n) is 4.97. The molecule has 0 spiro atoms. The summed E-state index contributed by atoms with van der Waals surface area (Å²) in [5.74, 6) is 1.94. The maximum Gasteiger partial charge on any atom is 0.163 e. The predicted octanol–water partition coefficient (Wildman–Crippen LogP) is 4.76. The van der Waals surface area contributed by atoms with Gasteiger partial charge in [0.15, 0.2) is 11.7 Å². The number of nitrogens with zero attached hydrogens (tertiary/aromatic N) is 4. The lowest BCUT2D eigenvalue weighted by atomic mass is 9.78. The Morgan fingerprint density at radius 2 is 1.70 bits per heavy atom. The number of rotatable bonds is 2. The molecule has 0 amide bonds. The van der Waals surface area contributed by atoms with Crippen LogP contribution < -0.4 is 9.91 Å². The van der Waals surface area contributed by atoms with Crippen molar-refractivity contribution in [1.29, 1.82) is 0 Å². The Morgan fingerprint density at radius 3 is 2.48 bits per heavy atom. The van der Waals surface area contributed by atoms with Crippen LogP contribution >= 0.6 is 0 Å². The molecule has 4 heterocycles. The van der Waals surface area contributed by atoms with E-state index in [1.807, 2.05) is 24.4 Å². The fourth-order valence-corrected chi connectivity index (χ4v) is 4.97. The van der Waals surface area contributed by atoms with E-state index < -0.39 is 0 Å². The molecule has 132 valence electrons. The lowest BCUT2D eigenvalue weighted by molar-refractivity contribution is 0.385. The lowest BCUT2D eigenvalue weighted by Gasteiger charge is -2.36. The molecular weight excluding hydrogens is 332 g/mol. The average molecular weight is 352 g/mol. The lowest BCUT2D eigenvalue weighted by Crippen LogP contribution is -2.50. The first-order valence-corrected chi connectivity index (χ1v) is 9.55. The molecule has 1 aromatic heterocycles. The summed E-state index contributed by atoms with van der Waals surface area (Å²) in [7, 11) is 0. The van der Waals surface area contributed by atoms with Gasteiger partial charge in [0.2, 0.25) is 0 Å². The second kappa shape index (κ2) is 4.97. The van der Waals surface area contributed by atoms with Crippen molar-refractivity contribution >= 4 is 17.3 Å². The van der Waals surface area contributed by atoms with Crippen LogP contribution in [0.1, 0.15) is 31.4 Å². The molecule has 6 rings (SSSR count). The zero-order valence-corrected chi connectivity index (χ0v) is 15.4. The molecule has 0 radical (unpaired) electrons. The highest BCUT2D eigenvalue weighted by molar-refractivity contribution is 6.22. The van der Waals surface area contributed by atoms with Crippen LogP contribution in [0.4, 0.5) is 11.5 Å². The molecule has 0 fully saturated rings. The molecule has 2 aromatic carbocycles. The first-order chi connectivity index (χ1) is 13.2. The third-order valence-corrected chi connectivity index (χ3v) is 6.45. The number of para-hydroxylation sites is 1. The number of benzene rings is 2. The molecule has 2 atom stereocenters. The van der Waals surface area contributed by atoms with Crippen LogP contribution in [0.5, 0.6) is 0 Å². The largest absolute Gasteiger partial charge is 0.300 e. The van der Waals surface area contributed by atoms with Crippen molar-refractivity contribution in [2.24, 2.45) is 5.10 Å². The van der Waals surface area contributed by atoms with Gasteiger partial charge in [-0.2, -0.15) is 5.10 Å². The van der Waals surface area contributed by atoms with Gasteiger partial charge >= 0.3 is 0 Å². The van der Waals surface area contributed by atoms with E-state index in [0.29, 0.717) is 0 Å². The van der Waals surface area contributed by atoms with Gasteiger partial charge in [-0.15, -0.1) is 0 Å². The van der Waals surface area contributed by atoms with E-state index in [0.717, 1.165) is 18.1 Å². The van der Waals surface area contributed by atoms with Gasteiger partial charge in [0.1, 0.15) is 6.17 Å². The molecule has 0 N–H and O–H groups in total. The molecule has 0 aliphatic carbocycles. The van der Waals surface area contributed by atoms with E-state index in [4.69, 9.17) is 5.10 Å². The quantitative estimate of drug-likeness (QED) is 0.666. The van der Waals surface area contributed by atoms with Crippen LogP contribution in [-0.4, -0.2) is 17.0 Å². The van der Waals surface area contributed by atoms with Gasteiger partial charge < -0.3 is 0 Å². The summed E-state index contributed by atoms with van der Waals surface area (Å²) in [6.45, 7) is 4.64. The third-order valence-electron chi connectivity index (χ3n) is 6.45. The zero-order chi connectivity index (χ0) is 18.2. The molecular formula is C23H20N4. The van der Waals surface area contributed by atoms with Gasteiger partial charge in [-0.3, -0.25) is 4.90 Å². The second-order valence-corrected chi connectivity index (χ2v) is 7.72. The fraction of sp³-hybridized carbons (Fsp3) is 0.217. The topological polar surface area (TPSA) is 31.7 Å². The smallest absolute Gasteiger partial charge is 0.163 e. The van der Waals surface area contributed by atoms with Crippen molar-refractivity contribution in [1.82, 2.24) is 4.98 Å². The van der Waals surface area contributed by atoms with Crippen LogP contribution in [0.3, 0.4) is 0 Å². The highest BCUT2D eigenvalue weighted by Crippen LogP contribution is 2.57. The van der Waals surface area contributed by atoms with E-state index in [2.05, 4.69) is 71.2 Å². The second-order valence-electron chi connectivity index (χ2n) is 7.72. The van der Waals surface area contributed by atoms with Gasteiger partial charge in [-0.05, 0) is 29.7 Å². The van der Waals surface area contributed by atoms with E-state index in [1.54, 1.807) is 0 Å². The highest BCUT2D eigenvalue weighted by atomic mass is 15.6. The number of hydrogen-bond donors (Lipinski definition) is 0. The molecule has 4 nitrogen and oxygen atoms in total. The van der Waals surface area contributed by atoms with Gasteiger partial charge in [-0.1, -0.05) is 62.4 Å². The van der Waals surface area contributed by atoms with Crippen molar-refractivity contribution in [3.8, 4) is 11.1 Å². The summed E-state index contributed by atoms with van der Waals surface area (Å²) in [4.78, 5) is 7.07. The Hall–Kier alpha value is -3.14. The van der Waals surface area contributed by atoms with Crippen molar-refractivity contribution < 1.29 is 0 Å². The molecule has 4 heteroatoms. The molecule has 27 heavy (non-hydrogen) atoms. The minimum absolute atomic E-state index is 0.0316. The molecule has 0 saturated carbocycles. The molecule has 0 bridgehead atoms. The molecule has 3 aliphatic rings. The minimum atomic E-state index is -0.0316. The van der Waals surface area contributed by atoms with Crippen LogP contribution in [0.15, 0.2) is 72.0 Å². The van der Waals surface area contributed by atoms with Crippen molar-refractivity contribution in [3.05, 3.63) is 78.0 Å². The van der Waals surface area contributed by atoms with Gasteiger partial charge in [0.05, 0.1) is 5.69 Å². The maximum absolute atomic E-state index is 5.10. The number of amidine groups is 1. The van der Waals surface area contributed by atoms with Crippen molar-refractivity contribution in [2.75, 3.05) is 9.91 Å². The first kappa shape index (κ1) is 15.0. The third kappa shape index (κ3) is 1.68. The number of pyridine rings is 1. The number of aromatic nitrogens is 1. The van der Waals surface area contributed by atoms with Gasteiger partial charge in [-0.25, -0.2) is 9.99 Å². The van der Waals surface area contributed by atoms with Crippen LogP contribution in [-0.2, 0) is 5.41 Å². The van der Waals surface area contributed by atoms with E-state index >= 15 is 0 Å². The summed E-state index contributed by atoms with van der Waals surface area (Å²) in [6.07, 6.45) is 2.99. The Kier molecular flexibility index (Phi) is 2.76. The summed E-state index contributed by atoms with van der Waals surface area (Å²) in [5, 5.41) is 7.23. The summed E-state index contributed by atoms with van der Waals surface area (Å²) in [6, 6.07) is 21.4. The predicted molar refractivity (Wildman–Crippen MR) is 109 cm³/mol. The molecule has 3 aliphatic heterocycles. The average Bonchev–Trinajstić information content (AvgIpc) is 3.25. The summed E-state index contributed by atoms with van der Waals surface area (Å²) in [5.41, 5.74) is 6.48. The Bertz CT molecular complexity index is 1100. The van der Waals surface area contributed by atoms with Gasteiger partial charge in [0, 0.05) is 22.7 Å². The van der Waals surface area contributed by atoms with Crippen LogP contribution in [0, 0.1) is 0 Å². The number of hydrogen-bond acceptors (Lipinski definition) is 4. The van der Waals surface area contributed by atoms with Crippen LogP contribution in [0.25, 0.3) is 11.1 Å². The van der Waals surface area contributed by atoms with Crippen molar-refractivity contribution in [3.63, 3.8) is 0 Å². The van der Waals surface area contributed by atoms with Crippen LogP contribution in [0.2, 0.25) is 0 Å². The summed E-state index contributed by atoms with van der Waals surface area (Å²) >= 11 is 0. The van der Waals surface area contributed by atoms with E-state index in [1.165, 1.54) is 27.9 Å². The summed E-state index contributed by atoms with van der Waals surface area (Å²) < 4.78 is 0. The minimum Gasteiger partial charge on any atom is -0.300 e. The Balaban J connectivity index is 1.70. The van der Waals surface area contributed by atoms with E-state index in [9.17, 15) is 0 Å². The maximum atomic E-state index is 5.10. The normalized spacial score (nSPS) is 23.9. The number of hydrazone groups is 1. The Labute approximate surface area is 158 Å². The highest BCUT2D eigenvalue weighted by Gasteiger charge is 2.57. The van der Waals surface area contributed by atoms with Gasteiger partial charge in [0.25, 0.3) is 0 Å². The van der Waals surface area contributed by atoms with E-state index in [-0.39, 0.29) is 11.6 Å². The van der Waals surface area contributed by atoms with Crippen molar-refractivity contribution in [2.45, 2.75) is 31.8 Å². The molecule has 3 aromatic rings. The molecule has 2 unspecified atom stereocenters. The zero-order valence-electron chi connectivity index (χ0n) is 15.4. The number of fused-ring (bicyclic) bond motifs is 3. The Morgan fingerprint density at radius 1 is 0.926 bits per heavy atom. The first-order valence-electron chi connectivity index (χ1n) is 9.55. The number of anilines is 2. The molecule has 0 saturated heterocycles.